The first-order valence-corrected chi connectivity index (χ1v) is 7.26. The Morgan fingerprint density at radius 1 is 1.29 bits per heavy atom. The summed E-state index contributed by atoms with van der Waals surface area (Å²) in [7, 11) is -1.09. The maximum absolute atomic E-state index is 11.6. The smallest absolute Gasteiger partial charge is 0.201 e. The van der Waals surface area contributed by atoms with Gasteiger partial charge in [0.1, 0.15) is 12.7 Å². The first-order valence-electron chi connectivity index (χ1n) is 3.41. The molecule has 0 aliphatic rings. The molecule has 14 heavy (non-hydrogen) atoms. The van der Waals surface area contributed by atoms with Crippen molar-refractivity contribution < 1.29 is 4.21 Å². The van der Waals surface area contributed by atoms with Crippen LogP contribution >= 0.6 is 34.8 Å². The normalized spacial score (nSPS) is 12.9. The molecular formula is C5H4N4OS4. The lowest BCUT2D eigenvalue weighted by Crippen LogP contribution is -1.92. The Balaban J connectivity index is 1.90. The SMILES string of the molecule is O=S(CSc1ncns1)c1ncns1. The molecule has 0 aliphatic carbocycles. The molecule has 0 aliphatic heterocycles. The molecule has 0 bridgehead atoms. The molecular weight excluding hydrogens is 260 g/mol. The molecule has 0 aromatic carbocycles. The summed E-state index contributed by atoms with van der Waals surface area (Å²) in [5, 5.41) is 0.449. The van der Waals surface area contributed by atoms with Crippen molar-refractivity contribution in [3.8, 4) is 0 Å². The van der Waals surface area contributed by atoms with Gasteiger partial charge < -0.3 is 0 Å². The summed E-state index contributed by atoms with van der Waals surface area (Å²) < 4.78 is 20.6. The van der Waals surface area contributed by atoms with Crippen molar-refractivity contribution in [2.45, 2.75) is 8.68 Å². The van der Waals surface area contributed by atoms with E-state index in [2.05, 4.69) is 18.7 Å². The van der Waals surface area contributed by atoms with Gasteiger partial charge in [-0.05, 0) is 23.1 Å². The second kappa shape index (κ2) is 4.91. The molecule has 0 saturated carbocycles. The highest BCUT2D eigenvalue weighted by atomic mass is 32.3. The second-order valence-electron chi connectivity index (χ2n) is 2.02. The maximum Gasteiger partial charge on any atom is 0.201 e. The van der Waals surface area contributed by atoms with Crippen molar-refractivity contribution in [3.63, 3.8) is 0 Å². The molecule has 2 aromatic rings. The van der Waals surface area contributed by atoms with Gasteiger partial charge in [-0.3, -0.25) is 4.21 Å². The van der Waals surface area contributed by atoms with Crippen molar-refractivity contribution in [1.29, 1.82) is 0 Å². The molecule has 5 nitrogen and oxygen atoms in total. The molecule has 1 atom stereocenters. The van der Waals surface area contributed by atoms with Gasteiger partial charge in [-0.25, -0.2) is 9.97 Å². The van der Waals surface area contributed by atoms with E-state index in [1.165, 1.54) is 35.9 Å². The van der Waals surface area contributed by atoms with Crippen LogP contribution in [0.5, 0.6) is 0 Å². The average molecular weight is 264 g/mol. The molecule has 74 valence electrons. The van der Waals surface area contributed by atoms with Crippen molar-refractivity contribution in [2.24, 2.45) is 0 Å². The molecule has 2 heterocycles. The van der Waals surface area contributed by atoms with Crippen LogP contribution in [0.1, 0.15) is 0 Å². The van der Waals surface area contributed by atoms with Crippen LogP contribution in [0.2, 0.25) is 0 Å². The summed E-state index contributed by atoms with van der Waals surface area (Å²) in [6.45, 7) is 0. The minimum Gasteiger partial charge on any atom is -0.251 e. The van der Waals surface area contributed by atoms with E-state index in [1.807, 2.05) is 0 Å². The van der Waals surface area contributed by atoms with Gasteiger partial charge in [0, 0.05) is 0 Å². The largest absolute Gasteiger partial charge is 0.251 e. The van der Waals surface area contributed by atoms with E-state index in [0.29, 0.717) is 9.42 Å². The van der Waals surface area contributed by atoms with Gasteiger partial charge >= 0.3 is 0 Å². The van der Waals surface area contributed by atoms with Crippen LogP contribution < -0.4 is 0 Å². The Labute approximate surface area is 94.8 Å². The molecule has 0 amide bonds. The number of hydrogen-bond acceptors (Lipinski definition) is 8. The lowest BCUT2D eigenvalue weighted by molar-refractivity contribution is 0.685. The molecule has 0 fully saturated rings. The van der Waals surface area contributed by atoms with Crippen LogP contribution in [0.25, 0.3) is 0 Å². The Hall–Kier alpha value is -0.380. The number of thioether (sulfide) groups is 1. The van der Waals surface area contributed by atoms with E-state index >= 15 is 0 Å². The van der Waals surface area contributed by atoms with E-state index in [-0.39, 0.29) is 0 Å². The van der Waals surface area contributed by atoms with E-state index < -0.39 is 10.8 Å². The fraction of sp³-hybridized carbons (Fsp3) is 0.200. The summed E-state index contributed by atoms with van der Waals surface area (Å²) >= 11 is 3.87. The Morgan fingerprint density at radius 3 is 2.71 bits per heavy atom. The zero-order valence-corrected chi connectivity index (χ0v) is 9.96. The third kappa shape index (κ3) is 2.56. The second-order valence-corrected chi connectivity index (χ2v) is 6.80. The summed E-state index contributed by atoms with van der Waals surface area (Å²) in [6.07, 6.45) is 2.90. The topological polar surface area (TPSA) is 68.6 Å². The van der Waals surface area contributed by atoms with E-state index in [1.54, 1.807) is 0 Å². The molecule has 1 unspecified atom stereocenters. The fourth-order valence-corrected chi connectivity index (χ4v) is 4.39. The minimum atomic E-state index is -1.09. The summed E-state index contributed by atoms with van der Waals surface area (Å²) in [4.78, 5) is 7.85. The van der Waals surface area contributed by atoms with Crippen LogP contribution in [-0.4, -0.2) is 28.0 Å². The Bertz CT molecular complexity index is 399. The minimum absolute atomic E-state index is 0.449. The van der Waals surface area contributed by atoms with Crippen LogP contribution in [0.15, 0.2) is 21.3 Å². The summed E-state index contributed by atoms with van der Waals surface area (Å²) in [6, 6.07) is 0. The molecule has 0 spiro atoms. The Kier molecular flexibility index (Phi) is 3.56. The lowest BCUT2D eigenvalue weighted by atomic mass is 11.3. The number of nitrogens with zero attached hydrogens (tertiary/aromatic N) is 4. The first kappa shape index (κ1) is 10.1. The first-order chi connectivity index (χ1) is 6.86. The van der Waals surface area contributed by atoms with Crippen molar-refractivity contribution in [3.05, 3.63) is 12.7 Å². The molecule has 0 saturated heterocycles. The number of aromatic nitrogens is 4. The van der Waals surface area contributed by atoms with E-state index in [9.17, 15) is 4.21 Å². The van der Waals surface area contributed by atoms with Crippen LogP contribution in [0, 0.1) is 0 Å². The highest BCUT2D eigenvalue weighted by molar-refractivity contribution is 8.11. The zero-order valence-electron chi connectivity index (χ0n) is 6.69. The maximum atomic E-state index is 11.6. The van der Waals surface area contributed by atoms with Gasteiger partial charge in [-0.15, -0.1) is 0 Å². The third-order valence-electron chi connectivity index (χ3n) is 1.17. The standard InChI is InChI=1S/C5H4N4OS4/c10-14(5-7-2-9-13-5)3-11-4-6-1-8-12-4/h1-2H,3H2. The predicted molar refractivity (Wildman–Crippen MR) is 57.0 cm³/mol. The van der Waals surface area contributed by atoms with Crippen molar-refractivity contribution >= 4 is 45.6 Å². The van der Waals surface area contributed by atoms with Crippen LogP contribution in [-0.2, 0) is 10.8 Å². The third-order valence-corrected chi connectivity index (χ3v) is 5.62. The van der Waals surface area contributed by atoms with Gasteiger partial charge in [0.2, 0.25) is 4.34 Å². The monoisotopic (exact) mass is 264 g/mol. The van der Waals surface area contributed by atoms with Crippen LogP contribution in [0.4, 0.5) is 0 Å². The average Bonchev–Trinajstić information content (AvgIpc) is 2.87. The van der Waals surface area contributed by atoms with E-state index in [4.69, 9.17) is 0 Å². The summed E-state index contributed by atoms with van der Waals surface area (Å²) in [5.74, 6) is 0. The van der Waals surface area contributed by atoms with Crippen molar-refractivity contribution in [1.82, 2.24) is 18.7 Å². The molecule has 0 radical (unpaired) electrons. The molecule has 9 heteroatoms. The zero-order chi connectivity index (χ0) is 9.80. The lowest BCUT2D eigenvalue weighted by Gasteiger charge is -1.93. The molecule has 2 rings (SSSR count). The van der Waals surface area contributed by atoms with Crippen molar-refractivity contribution in [2.75, 3.05) is 5.08 Å². The van der Waals surface area contributed by atoms with Gasteiger partial charge in [0.15, 0.2) is 4.34 Å². The van der Waals surface area contributed by atoms with Gasteiger partial charge in [-0.2, -0.15) is 8.75 Å². The number of hydrogen-bond donors (Lipinski definition) is 0. The highest BCUT2D eigenvalue weighted by Gasteiger charge is 2.08. The van der Waals surface area contributed by atoms with Gasteiger partial charge in [-0.1, -0.05) is 11.8 Å². The van der Waals surface area contributed by atoms with Gasteiger partial charge in [0.05, 0.1) is 15.9 Å². The Morgan fingerprint density at radius 2 is 2.07 bits per heavy atom. The highest BCUT2D eigenvalue weighted by Crippen LogP contribution is 2.21. The number of rotatable bonds is 4. The molecule has 0 N–H and O–H groups in total. The fourth-order valence-electron chi connectivity index (χ4n) is 0.644. The quantitative estimate of drug-likeness (QED) is 0.774. The molecule has 2 aromatic heterocycles. The predicted octanol–water partition coefficient (Wildman–Crippen LogP) is 1.25. The summed E-state index contributed by atoms with van der Waals surface area (Å²) in [5.41, 5.74) is 0. The van der Waals surface area contributed by atoms with Gasteiger partial charge in [0.25, 0.3) is 0 Å². The van der Waals surface area contributed by atoms with E-state index in [0.717, 1.165) is 15.9 Å². The van der Waals surface area contributed by atoms with Crippen LogP contribution in [0.3, 0.4) is 0 Å².